The quantitative estimate of drug-likeness (QED) is 0.848. The molecule has 0 amide bonds. The molecule has 0 bridgehead atoms. The van der Waals surface area contributed by atoms with Crippen molar-refractivity contribution in [2.45, 2.75) is 13.8 Å². The third-order valence-corrected chi connectivity index (χ3v) is 3.26. The second-order valence-corrected chi connectivity index (χ2v) is 4.69. The van der Waals surface area contributed by atoms with Gasteiger partial charge in [-0.3, -0.25) is 0 Å². The lowest BCUT2D eigenvalue weighted by atomic mass is 10.1. The van der Waals surface area contributed by atoms with Gasteiger partial charge in [0.15, 0.2) is 0 Å². The number of likely N-dealkylation sites (N-methyl/N-ethyl adjacent to an activating group) is 1. The van der Waals surface area contributed by atoms with Crippen LogP contribution in [-0.2, 0) is 0 Å². The molecular formula is C13H21ClN2O. The highest BCUT2D eigenvalue weighted by Crippen LogP contribution is 2.25. The van der Waals surface area contributed by atoms with Crippen LogP contribution in [0.2, 0.25) is 5.02 Å². The van der Waals surface area contributed by atoms with Gasteiger partial charge in [-0.05, 0) is 44.2 Å². The van der Waals surface area contributed by atoms with Crippen LogP contribution < -0.4 is 10.5 Å². The Kier molecular flexibility index (Phi) is 5.75. The topological polar surface area (TPSA) is 38.5 Å². The van der Waals surface area contributed by atoms with Gasteiger partial charge in [0.25, 0.3) is 0 Å². The number of rotatable bonds is 6. The van der Waals surface area contributed by atoms with Crippen LogP contribution in [0.1, 0.15) is 11.1 Å². The van der Waals surface area contributed by atoms with E-state index < -0.39 is 0 Å². The van der Waals surface area contributed by atoms with E-state index in [1.165, 1.54) is 0 Å². The zero-order valence-electron chi connectivity index (χ0n) is 10.8. The maximum atomic E-state index is 6.10. The first kappa shape index (κ1) is 14.3. The van der Waals surface area contributed by atoms with Crippen LogP contribution in [0.3, 0.4) is 0 Å². The lowest BCUT2D eigenvalue weighted by molar-refractivity contribution is 0.240. The number of benzene rings is 1. The predicted molar refractivity (Wildman–Crippen MR) is 73.0 cm³/mol. The average molecular weight is 257 g/mol. The van der Waals surface area contributed by atoms with Crippen molar-refractivity contribution in [1.82, 2.24) is 4.90 Å². The number of hydrogen-bond acceptors (Lipinski definition) is 3. The second-order valence-electron chi connectivity index (χ2n) is 4.31. The number of nitrogens with zero attached hydrogens (tertiary/aromatic N) is 1. The predicted octanol–water partition coefficient (Wildman–Crippen LogP) is 2.23. The Morgan fingerprint density at radius 3 is 2.35 bits per heavy atom. The summed E-state index contributed by atoms with van der Waals surface area (Å²) >= 11 is 6.10. The van der Waals surface area contributed by atoms with Crippen molar-refractivity contribution in [2.75, 3.05) is 33.3 Å². The summed E-state index contributed by atoms with van der Waals surface area (Å²) in [5.74, 6) is 0.880. The fraction of sp³-hybridized carbons (Fsp3) is 0.538. The first-order valence-corrected chi connectivity index (χ1v) is 6.20. The van der Waals surface area contributed by atoms with E-state index in [9.17, 15) is 0 Å². The molecule has 0 saturated heterocycles. The Bertz CT molecular complexity index is 345. The van der Waals surface area contributed by atoms with E-state index in [1.54, 1.807) is 0 Å². The van der Waals surface area contributed by atoms with Gasteiger partial charge in [-0.25, -0.2) is 0 Å². The molecule has 1 rings (SSSR count). The Balaban J connectivity index is 2.47. The Labute approximate surface area is 109 Å². The van der Waals surface area contributed by atoms with Gasteiger partial charge in [-0.15, -0.1) is 0 Å². The second kappa shape index (κ2) is 6.84. The summed E-state index contributed by atoms with van der Waals surface area (Å²) in [5, 5.41) is 0.817. The summed E-state index contributed by atoms with van der Waals surface area (Å²) < 4.78 is 5.70. The van der Waals surface area contributed by atoms with Gasteiger partial charge >= 0.3 is 0 Å². The summed E-state index contributed by atoms with van der Waals surface area (Å²) in [6.07, 6.45) is 0. The molecule has 2 N–H and O–H groups in total. The molecule has 17 heavy (non-hydrogen) atoms. The highest BCUT2D eigenvalue weighted by atomic mass is 35.5. The maximum Gasteiger partial charge on any atom is 0.119 e. The lowest BCUT2D eigenvalue weighted by Crippen LogP contribution is -2.29. The van der Waals surface area contributed by atoms with Gasteiger partial charge in [0, 0.05) is 24.7 Å². The summed E-state index contributed by atoms with van der Waals surface area (Å²) in [5.41, 5.74) is 7.58. The number of halogens is 1. The molecule has 0 heterocycles. The maximum absolute atomic E-state index is 6.10. The van der Waals surface area contributed by atoms with Crippen LogP contribution in [0.15, 0.2) is 12.1 Å². The molecule has 3 nitrogen and oxygen atoms in total. The largest absolute Gasteiger partial charge is 0.492 e. The molecule has 4 heteroatoms. The number of aryl methyl sites for hydroxylation is 2. The fourth-order valence-electron chi connectivity index (χ4n) is 1.64. The minimum absolute atomic E-state index is 0.664. The van der Waals surface area contributed by atoms with Crippen molar-refractivity contribution in [1.29, 1.82) is 0 Å². The van der Waals surface area contributed by atoms with Crippen LogP contribution in [-0.4, -0.2) is 38.2 Å². The normalized spacial score (nSPS) is 10.9. The zero-order valence-corrected chi connectivity index (χ0v) is 11.5. The van der Waals surface area contributed by atoms with Crippen molar-refractivity contribution in [2.24, 2.45) is 5.73 Å². The van der Waals surface area contributed by atoms with Crippen molar-refractivity contribution < 1.29 is 4.74 Å². The monoisotopic (exact) mass is 256 g/mol. The van der Waals surface area contributed by atoms with Gasteiger partial charge in [0.2, 0.25) is 0 Å². The summed E-state index contributed by atoms with van der Waals surface area (Å²) in [6, 6.07) is 3.94. The molecule has 0 aliphatic rings. The van der Waals surface area contributed by atoms with Gasteiger partial charge in [-0.2, -0.15) is 0 Å². The van der Waals surface area contributed by atoms with E-state index in [0.29, 0.717) is 13.2 Å². The molecular weight excluding hydrogens is 236 g/mol. The van der Waals surface area contributed by atoms with Crippen molar-refractivity contribution in [3.63, 3.8) is 0 Å². The molecule has 0 spiro atoms. The van der Waals surface area contributed by atoms with Crippen LogP contribution in [0.4, 0.5) is 0 Å². The van der Waals surface area contributed by atoms with Gasteiger partial charge in [0.05, 0.1) is 0 Å². The van der Waals surface area contributed by atoms with E-state index in [0.717, 1.165) is 35.0 Å². The van der Waals surface area contributed by atoms with E-state index >= 15 is 0 Å². The smallest absolute Gasteiger partial charge is 0.119 e. The van der Waals surface area contributed by atoms with Gasteiger partial charge < -0.3 is 15.4 Å². The first-order chi connectivity index (χ1) is 8.04. The molecule has 0 fully saturated rings. The molecule has 0 unspecified atom stereocenters. The molecule has 1 aromatic carbocycles. The fourth-order valence-corrected chi connectivity index (χ4v) is 1.75. The molecule has 0 radical (unpaired) electrons. The first-order valence-electron chi connectivity index (χ1n) is 5.82. The summed E-state index contributed by atoms with van der Waals surface area (Å²) in [4.78, 5) is 2.15. The minimum atomic E-state index is 0.664. The highest BCUT2D eigenvalue weighted by molar-refractivity contribution is 6.32. The lowest BCUT2D eigenvalue weighted by Gasteiger charge is -2.16. The highest BCUT2D eigenvalue weighted by Gasteiger charge is 2.04. The Morgan fingerprint density at radius 2 is 1.82 bits per heavy atom. The SMILES string of the molecule is Cc1cc(OCCN(C)CCN)cc(C)c1Cl. The third-order valence-electron chi connectivity index (χ3n) is 2.66. The number of nitrogens with two attached hydrogens (primary N) is 1. The van der Waals surface area contributed by atoms with Gasteiger partial charge in [-0.1, -0.05) is 11.6 Å². The molecule has 0 saturated carbocycles. The molecule has 1 aromatic rings. The average Bonchev–Trinajstić information content (AvgIpc) is 2.26. The van der Waals surface area contributed by atoms with Crippen LogP contribution in [0, 0.1) is 13.8 Å². The Hall–Kier alpha value is -0.770. The molecule has 96 valence electrons. The molecule has 0 atom stereocenters. The van der Waals surface area contributed by atoms with Gasteiger partial charge in [0.1, 0.15) is 12.4 Å². The van der Waals surface area contributed by atoms with Crippen molar-refractivity contribution >= 4 is 11.6 Å². The van der Waals surface area contributed by atoms with E-state index in [2.05, 4.69) is 4.90 Å². The minimum Gasteiger partial charge on any atom is -0.492 e. The summed E-state index contributed by atoms with van der Waals surface area (Å²) in [6.45, 7) is 7.08. The molecule has 0 aromatic heterocycles. The summed E-state index contributed by atoms with van der Waals surface area (Å²) in [7, 11) is 2.04. The number of hydrogen-bond donors (Lipinski definition) is 1. The van der Waals surface area contributed by atoms with E-state index in [1.807, 2.05) is 33.0 Å². The number of ether oxygens (including phenoxy) is 1. The Morgan fingerprint density at radius 1 is 1.24 bits per heavy atom. The van der Waals surface area contributed by atoms with E-state index in [4.69, 9.17) is 22.1 Å². The van der Waals surface area contributed by atoms with Crippen LogP contribution >= 0.6 is 11.6 Å². The molecule has 0 aliphatic heterocycles. The van der Waals surface area contributed by atoms with Crippen LogP contribution in [0.5, 0.6) is 5.75 Å². The van der Waals surface area contributed by atoms with Crippen molar-refractivity contribution in [3.8, 4) is 5.75 Å². The van der Waals surface area contributed by atoms with E-state index in [-0.39, 0.29) is 0 Å². The third kappa shape index (κ3) is 4.54. The van der Waals surface area contributed by atoms with Crippen LogP contribution in [0.25, 0.3) is 0 Å². The molecule has 0 aliphatic carbocycles. The zero-order chi connectivity index (χ0) is 12.8. The van der Waals surface area contributed by atoms with Crippen molar-refractivity contribution in [3.05, 3.63) is 28.3 Å². The standard InChI is InChI=1S/C13H21ClN2O/c1-10-8-12(9-11(2)13(10)14)17-7-6-16(3)5-4-15/h8-9H,4-7,15H2,1-3H3.